The van der Waals surface area contributed by atoms with Crippen molar-refractivity contribution in [3.8, 4) is 11.8 Å². The number of pyridine rings is 2. The van der Waals surface area contributed by atoms with E-state index in [-0.39, 0.29) is 12.1 Å². The summed E-state index contributed by atoms with van der Waals surface area (Å²) in [5.74, 6) is 6.13. The smallest absolute Gasteiger partial charge is 0.407 e. The lowest BCUT2D eigenvalue weighted by Crippen LogP contribution is -2.45. The van der Waals surface area contributed by atoms with Crippen molar-refractivity contribution in [2.75, 3.05) is 13.1 Å². The first kappa shape index (κ1) is 20.8. The number of hydrogen-bond acceptors (Lipinski definition) is 5. The monoisotopic (exact) mass is 392 g/mol. The normalized spacial score (nSPS) is 15.3. The number of aromatic nitrogens is 2. The molecule has 3 heterocycles. The van der Waals surface area contributed by atoms with Gasteiger partial charge in [0.05, 0.1) is 0 Å². The third-order valence-electron chi connectivity index (χ3n) is 4.54. The van der Waals surface area contributed by atoms with E-state index in [0.717, 1.165) is 49.3 Å². The zero-order valence-electron chi connectivity index (χ0n) is 17.3. The fourth-order valence-corrected chi connectivity index (χ4v) is 3.13. The number of likely N-dealkylation sites (tertiary alicyclic amines) is 1. The predicted octanol–water partition coefficient (Wildman–Crippen LogP) is 3.37. The van der Waals surface area contributed by atoms with Crippen molar-refractivity contribution in [2.24, 2.45) is 0 Å². The molecule has 1 aliphatic rings. The highest BCUT2D eigenvalue weighted by molar-refractivity contribution is 5.68. The van der Waals surface area contributed by atoms with E-state index in [1.807, 2.05) is 45.2 Å². The second-order valence-corrected chi connectivity index (χ2v) is 8.24. The van der Waals surface area contributed by atoms with E-state index in [4.69, 9.17) is 4.74 Å². The maximum Gasteiger partial charge on any atom is 0.407 e. The average molecular weight is 393 g/mol. The van der Waals surface area contributed by atoms with Gasteiger partial charge in [0, 0.05) is 49.8 Å². The largest absolute Gasteiger partial charge is 0.444 e. The number of amides is 1. The molecule has 3 rings (SSSR count). The fourth-order valence-electron chi connectivity index (χ4n) is 3.13. The summed E-state index contributed by atoms with van der Waals surface area (Å²) in [4.78, 5) is 22.8. The molecule has 6 nitrogen and oxygen atoms in total. The van der Waals surface area contributed by atoms with E-state index in [1.54, 1.807) is 12.4 Å². The van der Waals surface area contributed by atoms with Gasteiger partial charge in [-0.15, -0.1) is 0 Å². The van der Waals surface area contributed by atoms with E-state index >= 15 is 0 Å². The first-order valence-electron chi connectivity index (χ1n) is 9.96. The van der Waals surface area contributed by atoms with Gasteiger partial charge in [-0.3, -0.25) is 9.88 Å². The Balaban J connectivity index is 1.45. The number of ether oxygens (including phenoxy) is 1. The topological polar surface area (TPSA) is 67.3 Å². The number of rotatable bonds is 3. The van der Waals surface area contributed by atoms with Crippen molar-refractivity contribution in [3.05, 3.63) is 59.7 Å². The molecular formula is C23H28N4O2. The first-order chi connectivity index (χ1) is 13.9. The summed E-state index contributed by atoms with van der Waals surface area (Å²) in [5.41, 5.74) is 2.32. The van der Waals surface area contributed by atoms with E-state index in [0.29, 0.717) is 0 Å². The highest BCUT2D eigenvalue weighted by atomic mass is 16.6. The molecule has 1 aliphatic heterocycles. The minimum Gasteiger partial charge on any atom is -0.444 e. The lowest BCUT2D eigenvalue weighted by Gasteiger charge is -2.32. The number of nitrogens with one attached hydrogen (secondary N) is 1. The Kier molecular flexibility index (Phi) is 6.84. The van der Waals surface area contributed by atoms with Gasteiger partial charge in [0.25, 0.3) is 0 Å². The first-order valence-corrected chi connectivity index (χ1v) is 9.96. The number of piperidine rings is 1. The van der Waals surface area contributed by atoms with Gasteiger partial charge in [-0.1, -0.05) is 12.0 Å². The van der Waals surface area contributed by atoms with Crippen LogP contribution < -0.4 is 5.32 Å². The molecule has 2 aromatic rings. The summed E-state index contributed by atoms with van der Waals surface area (Å²) >= 11 is 0. The molecule has 1 amide bonds. The van der Waals surface area contributed by atoms with Gasteiger partial charge in [-0.25, -0.2) is 9.78 Å². The molecule has 1 fully saturated rings. The van der Waals surface area contributed by atoms with E-state index in [9.17, 15) is 4.79 Å². The third kappa shape index (κ3) is 7.20. The molecule has 29 heavy (non-hydrogen) atoms. The van der Waals surface area contributed by atoms with Crippen LogP contribution in [0.1, 0.15) is 50.4 Å². The Hall–Kier alpha value is -2.91. The Morgan fingerprint density at radius 2 is 2.00 bits per heavy atom. The summed E-state index contributed by atoms with van der Waals surface area (Å²) < 4.78 is 5.34. The van der Waals surface area contributed by atoms with E-state index < -0.39 is 5.60 Å². The standard InChI is InChI=1S/C23H28N4O2/c1-23(2,3)29-22(28)26-21-10-13-27(14-11-21)17-19-7-9-20(25-16-19)8-6-18-5-4-12-24-15-18/h4-5,7,9,12,15-16,21H,10-11,13-14,17H2,1-3H3,(H,26,28). The molecule has 1 saturated heterocycles. The van der Waals surface area contributed by atoms with Crippen LogP contribution in [0.4, 0.5) is 4.79 Å². The summed E-state index contributed by atoms with van der Waals surface area (Å²) in [6.07, 6.45) is 6.86. The maximum atomic E-state index is 11.9. The fraction of sp³-hybridized carbons (Fsp3) is 0.435. The molecule has 1 N–H and O–H groups in total. The number of hydrogen-bond donors (Lipinski definition) is 1. The molecule has 0 atom stereocenters. The Bertz CT molecular complexity index is 856. The molecule has 0 radical (unpaired) electrons. The molecule has 0 saturated carbocycles. The molecule has 2 aromatic heterocycles. The van der Waals surface area contributed by atoms with Gasteiger partial charge < -0.3 is 10.1 Å². The summed E-state index contributed by atoms with van der Waals surface area (Å²) in [5, 5.41) is 2.97. The van der Waals surface area contributed by atoms with Crippen molar-refractivity contribution >= 4 is 6.09 Å². The molecule has 6 heteroatoms. The van der Waals surface area contributed by atoms with Crippen LogP contribution in [0.2, 0.25) is 0 Å². The van der Waals surface area contributed by atoms with Gasteiger partial charge in [-0.2, -0.15) is 0 Å². The Morgan fingerprint density at radius 3 is 2.62 bits per heavy atom. The molecule has 0 aromatic carbocycles. The second kappa shape index (κ2) is 9.53. The van der Waals surface area contributed by atoms with Crippen LogP contribution in [0, 0.1) is 11.8 Å². The number of alkyl carbamates (subject to hydrolysis) is 1. The minimum atomic E-state index is -0.466. The van der Waals surface area contributed by atoms with Gasteiger partial charge in [0.1, 0.15) is 11.3 Å². The number of carbonyl (C=O) groups is 1. The van der Waals surface area contributed by atoms with E-state index in [2.05, 4.69) is 38.1 Å². The predicted molar refractivity (Wildman–Crippen MR) is 112 cm³/mol. The summed E-state index contributed by atoms with van der Waals surface area (Å²) in [6.45, 7) is 8.34. The highest BCUT2D eigenvalue weighted by Crippen LogP contribution is 2.15. The zero-order valence-corrected chi connectivity index (χ0v) is 17.3. The van der Waals surface area contributed by atoms with Crippen LogP contribution in [0.25, 0.3) is 0 Å². The van der Waals surface area contributed by atoms with Gasteiger partial charge in [0.2, 0.25) is 0 Å². The molecule has 0 aliphatic carbocycles. The van der Waals surface area contributed by atoms with Crippen molar-refractivity contribution in [1.29, 1.82) is 0 Å². The lowest BCUT2D eigenvalue weighted by molar-refractivity contribution is 0.0477. The van der Waals surface area contributed by atoms with Crippen molar-refractivity contribution < 1.29 is 9.53 Å². The number of nitrogens with zero attached hydrogens (tertiary/aromatic N) is 3. The lowest BCUT2D eigenvalue weighted by atomic mass is 10.0. The van der Waals surface area contributed by atoms with Gasteiger partial charge in [-0.05, 0) is 63.3 Å². The Labute approximate surface area is 172 Å². The highest BCUT2D eigenvalue weighted by Gasteiger charge is 2.23. The van der Waals surface area contributed by atoms with Crippen LogP contribution in [-0.4, -0.2) is 45.7 Å². The van der Waals surface area contributed by atoms with Crippen LogP contribution >= 0.6 is 0 Å². The van der Waals surface area contributed by atoms with Crippen molar-refractivity contribution in [1.82, 2.24) is 20.2 Å². The van der Waals surface area contributed by atoms with Crippen LogP contribution in [-0.2, 0) is 11.3 Å². The average Bonchev–Trinajstić information content (AvgIpc) is 2.68. The summed E-state index contributed by atoms with van der Waals surface area (Å²) in [7, 11) is 0. The molecule has 152 valence electrons. The van der Waals surface area contributed by atoms with Gasteiger partial charge in [0.15, 0.2) is 0 Å². The van der Waals surface area contributed by atoms with Crippen LogP contribution in [0.15, 0.2) is 42.9 Å². The van der Waals surface area contributed by atoms with Crippen molar-refractivity contribution in [2.45, 2.75) is 51.8 Å². The summed E-state index contributed by atoms with van der Waals surface area (Å²) in [6, 6.07) is 7.99. The molecule has 0 spiro atoms. The second-order valence-electron chi connectivity index (χ2n) is 8.24. The molecule has 0 unspecified atom stereocenters. The van der Waals surface area contributed by atoms with E-state index in [1.165, 1.54) is 0 Å². The third-order valence-corrected chi connectivity index (χ3v) is 4.54. The van der Waals surface area contributed by atoms with Crippen molar-refractivity contribution in [3.63, 3.8) is 0 Å². The SMILES string of the molecule is CC(C)(C)OC(=O)NC1CCN(Cc2ccc(C#Cc3cccnc3)nc2)CC1. The zero-order chi connectivity index (χ0) is 20.7. The van der Waals surface area contributed by atoms with Gasteiger partial charge >= 0.3 is 6.09 Å². The number of carbonyl (C=O) groups excluding carboxylic acids is 1. The van der Waals surface area contributed by atoms with Crippen LogP contribution in [0.3, 0.4) is 0 Å². The quantitative estimate of drug-likeness (QED) is 0.812. The Morgan fingerprint density at radius 1 is 1.21 bits per heavy atom. The van der Waals surface area contributed by atoms with Crippen LogP contribution in [0.5, 0.6) is 0 Å². The minimum absolute atomic E-state index is 0.171. The molecular weight excluding hydrogens is 364 g/mol. The maximum absolute atomic E-state index is 11.9. The molecule has 0 bridgehead atoms.